The van der Waals surface area contributed by atoms with Crippen LogP contribution in [0.25, 0.3) is 0 Å². The average Bonchev–Trinajstić information content (AvgIpc) is 2.01. The molecule has 1 saturated heterocycles. The van der Waals surface area contributed by atoms with E-state index in [9.17, 15) is 8.42 Å². The van der Waals surface area contributed by atoms with Gasteiger partial charge in [0.25, 0.3) is 0 Å². The third kappa shape index (κ3) is 3.55. The average molecular weight is 220 g/mol. The molecule has 0 saturated carbocycles. The predicted octanol–water partition coefficient (Wildman–Crippen LogP) is 0.541. The molecule has 1 heterocycles. The molecule has 5 heteroatoms. The maximum Gasteiger partial charge on any atom is 0.215 e. The van der Waals surface area contributed by atoms with Crippen LogP contribution in [0.3, 0.4) is 0 Å². The SMILES string of the molecule is NCCS(=O)(=O)N1CCCCCCC1. The van der Waals surface area contributed by atoms with E-state index in [-0.39, 0.29) is 12.3 Å². The van der Waals surface area contributed by atoms with Crippen LogP contribution in [0.5, 0.6) is 0 Å². The van der Waals surface area contributed by atoms with E-state index in [1.807, 2.05) is 0 Å². The Labute approximate surface area is 86.5 Å². The van der Waals surface area contributed by atoms with Crippen LogP contribution in [0, 0.1) is 0 Å². The van der Waals surface area contributed by atoms with Gasteiger partial charge in [-0.15, -0.1) is 0 Å². The minimum Gasteiger partial charge on any atom is -0.329 e. The Morgan fingerprint density at radius 1 is 1.00 bits per heavy atom. The number of hydrogen-bond acceptors (Lipinski definition) is 3. The summed E-state index contributed by atoms with van der Waals surface area (Å²) >= 11 is 0. The summed E-state index contributed by atoms with van der Waals surface area (Å²) in [6.07, 6.45) is 5.52. The lowest BCUT2D eigenvalue weighted by molar-refractivity contribution is 0.364. The van der Waals surface area contributed by atoms with Crippen molar-refractivity contribution in [3.8, 4) is 0 Å². The number of nitrogens with two attached hydrogens (primary N) is 1. The van der Waals surface area contributed by atoms with E-state index in [4.69, 9.17) is 5.73 Å². The molecule has 84 valence electrons. The molecule has 0 unspecified atom stereocenters. The fourth-order valence-corrected chi connectivity index (χ4v) is 3.15. The molecule has 2 N–H and O–H groups in total. The predicted molar refractivity (Wildman–Crippen MR) is 57.5 cm³/mol. The van der Waals surface area contributed by atoms with Crippen molar-refractivity contribution in [2.45, 2.75) is 32.1 Å². The third-order valence-electron chi connectivity index (χ3n) is 2.58. The minimum atomic E-state index is -3.06. The Bertz CT molecular complexity index is 244. The molecular weight excluding hydrogens is 200 g/mol. The summed E-state index contributed by atoms with van der Waals surface area (Å²) in [5.41, 5.74) is 5.29. The molecule has 1 aliphatic rings. The maximum atomic E-state index is 11.7. The summed E-state index contributed by atoms with van der Waals surface area (Å²) in [4.78, 5) is 0. The van der Waals surface area contributed by atoms with Gasteiger partial charge in [0.05, 0.1) is 5.75 Å². The first-order valence-corrected chi connectivity index (χ1v) is 6.95. The fraction of sp³-hybridized carbons (Fsp3) is 1.00. The van der Waals surface area contributed by atoms with Crippen LogP contribution in [-0.2, 0) is 10.0 Å². The molecule has 0 aromatic carbocycles. The van der Waals surface area contributed by atoms with Gasteiger partial charge >= 0.3 is 0 Å². The van der Waals surface area contributed by atoms with E-state index in [0.717, 1.165) is 25.7 Å². The first-order chi connectivity index (χ1) is 6.67. The number of hydrogen-bond donors (Lipinski definition) is 1. The third-order valence-corrected chi connectivity index (χ3v) is 4.49. The Morgan fingerprint density at radius 2 is 1.50 bits per heavy atom. The first kappa shape index (κ1) is 11.9. The van der Waals surface area contributed by atoms with Crippen LogP contribution >= 0.6 is 0 Å². The van der Waals surface area contributed by atoms with Gasteiger partial charge in [-0.25, -0.2) is 12.7 Å². The van der Waals surface area contributed by atoms with Gasteiger partial charge in [-0.2, -0.15) is 0 Å². The van der Waals surface area contributed by atoms with Gasteiger partial charge in [-0.1, -0.05) is 19.3 Å². The van der Waals surface area contributed by atoms with E-state index in [2.05, 4.69) is 0 Å². The van der Waals surface area contributed by atoms with Crippen molar-refractivity contribution in [3.63, 3.8) is 0 Å². The molecule has 0 radical (unpaired) electrons. The summed E-state index contributed by atoms with van der Waals surface area (Å²) in [7, 11) is -3.06. The van der Waals surface area contributed by atoms with Crippen LogP contribution in [0.1, 0.15) is 32.1 Å². The molecule has 0 bridgehead atoms. The van der Waals surface area contributed by atoms with Crippen molar-refractivity contribution in [1.29, 1.82) is 0 Å². The zero-order valence-electron chi connectivity index (χ0n) is 8.61. The van der Waals surface area contributed by atoms with Crippen molar-refractivity contribution in [2.75, 3.05) is 25.4 Å². The van der Waals surface area contributed by atoms with Gasteiger partial charge in [0, 0.05) is 19.6 Å². The van der Waals surface area contributed by atoms with Gasteiger partial charge in [0.2, 0.25) is 10.0 Å². The minimum absolute atomic E-state index is 0.0903. The quantitative estimate of drug-likeness (QED) is 0.755. The summed E-state index contributed by atoms with van der Waals surface area (Å²) in [5, 5.41) is 0. The Balaban J connectivity index is 2.54. The van der Waals surface area contributed by atoms with Crippen molar-refractivity contribution >= 4 is 10.0 Å². The molecule has 0 aromatic heterocycles. The first-order valence-electron chi connectivity index (χ1n) is 5.35. The highest BCUT2D eigenvalue weighted by molar-refractivity contribution is 7.89. The van der Waals surface area contributed by atoms with Crippen molar-refractivity contribution in [3.05, 3.63) is 0 Å². The second kappa shape index (κ2) is 5.68. The fourth-order valence-electron chi connectivity index (χ4n) is 1.77. The molecule has 4 nitrogen and oxygen atoms in total. The lowest BCUT2D eigenvalue weighted by Crippen LogP contribution is -2.37. The number of rotatable bonds is 3. The number of nitrogens with zero attached hydrogens (tertiary/aromatic N) is 1. The van der Waals surface area contributed by atoms with E-state index >= 15 is 0 Å². The summed E-state index contributed by atoms with van der Waals surface area (Å²) in [5.74, 6) is 0.0903. The monoisotopic (exact) mass is 220 g/mol. The van der Waals surface area contributed by atoms with Crippen LogP contribution in [0.2, 0.25) is 0 Å². The summed E-state index contributed by atoms with van der Waals surface area (Å²) < 4.78 is 25.0. The Hall–Kier alpha value is -0.130. The highest BCUT2D eigenvalue weighted by atomic mass is 32.2. The standard InChI is InChI=1S/C9H20N2O2S/c10-6-9-14(12,13)11-7-4-2-1-3-5-8-11/h1-10H2. The number of sulfonamides is 1. The summed E-state index contributed by atoms with van der Waals surface area (Å²) in [6.45, 7) is 1.59. The largest absolute Gasteiger partial charge is 0.329 e. The summed E-state index contributed by atoms with van der Waals surface area (Å²) in [6, 6.07) is 0. The molecule has 0 aromatic rings. The van der Waals surface area contributed by atoms with Gasteiger partial charge in [-0.05, 0) is 12.8 Å². The second-order valence-corrected chi connectivity index (χ2v) is 5.86. The van der Waals surface area contributed by atoms with E-state index in [1.54, 1.807) is 4.31 Å². The molecule has 1 fully saturated rings. The lowest BCUT2D eigenvalue weighted by Gasteiger charge is -2.23. The van der Waals surface area contributed by atoms with Crippen molar-refractivity contribution in [2.24, 2.45) is 5.73 Å². The van der Waals surface area contributed by atoms with Crippen LogP contribution in [0.15, 0.2) is 0 Å². The van der Waals surface area contributed by atoms with Crippen LogP contribution in [-0.4, -0.2) is 38.1 Å². The van der Waals surface area contributed by atoms with Gasteiger partial charge in [0.15, 0.2) is 0 Å². The van der Waals surface area contributed by atoms with E-state index in [1.165, 1.54) is 6.42 Å². The smallest absolute Gasteiger partial charge is 0.215 e. The van der Waals surface area contributed by atoms with Gasteiger partial charge in [-0.3, -0.25) is 0 Å². The van der Waals surface area contributed by atoms with Crippen LogP contribution < -0.4 is 5.73 Å². The normalized spacial score (nSPS) is 21.5. The molecule has 0 aliphatic carbocycles. The molecule has 14 heavy (non-hydrogen) atoms. The molecule has 0 atom stereocenters. The van der Waals surface area contributed by atoms with Crippen molar-refractivity contribution in [1.82, 2.24) is 4.31 Å². The molecular formula is C9H20N2O2S. The second-order valence-electron chi connectivity index (χ2n) is 3.77. The highest BCUT2D eigenvalue weighted by Gasteiger charge is 2.20. The zero-order chi connectivity index (χ0) is 10.4. The molecule has 0 spiro atoms. The van der Waals surface area contributed by atoms with Gasteiger partial charge in [0.1, 0.15) is 0 Å². The van der Waals surface area contributed by atoms with E-state index in [0.29, 0.717) is 13.1 Å². The highest BCUT2D eigenvalue weighted by Crippen LogP contribution is 2.13. The maximum absolute atomic E-state index is 11.7. The van der Waals surface area contributed by atoms with Crippen LogP contribution in [0.4, 0.5) is 0 Å². The van der Waals surface area contributed by atoms with Crippen molar-refractivity contribution < 1.29 is 8.42 Å². The lowest BCUT2D eigenvalue weighted by atomic mass is 10.1. The van der Waals surface area contributed by atoms with Gasteiger partial charge < -0.3 is 5.73 Å². The van der Waals surface area contributed by atoms with E-state index < -0.39 is 10.0 Å². The molecule has 1 aliphatic heterocycles. The molecule has 0 amide bonds. The topological polar surface area (TPSA) is 63.4 Å². The Kier molecular flexibility index (Phi) is 4.84. The molecule has 1 rings (SSSR count). The zero-order valence-corrected chi connectivity index (χ0v) is 9.43. The Morgan fingerprint density at radius 3 is 2.00 bits per heavy atom.